The van der Waals surface area contributed by atoms with Gasteiger partial charge in [-0.25, -0.2) is 10.2 Å². The summed E-state index contributed by atoms with van der Waals surface area (Å²) in [5.74, 6) is 0. The molecule has 2 rings (SSSR count). The van der Waals surface area contributed by atoms with E-state index in [-0.39, 0.29) is 5.41 Å². The number of nitrogens with two attached hydrogens (primary N) is 1. The summed E-state index contributed by atoms with van der Waals surface area (Å²) in [6.45, 7) is 2.22. The second-order valence-electron chi connectivity index (χ2n) is 5.46. The topological polar surface area (TPSA) is 67.5 Å². The molecule has 0 heterocycles. The number of primary amides is 1. The van der Waals surface area contributed by atoms with Crippen molar-refractivity contribution in [1.82, 2.24) is 5.43 Å². The lowest BCUT2D eigenvalue weighted by atomic mass is 9.70. The normalized spacial score (nSPS) is 25.2. The van der Waals surface area contributed by atoms with Gasteiger partial charge < -0.3 is 5.73 Å². The Morgan fingerprint density at radius 2 is 2.11 bits per heavy atom. The van der Waals surface area contributed by atoms with Crippen LogP contribution >= 0.6 is 0 Å². The first-order valence-electron chi connectivity index (χ1n) is 6.76. The average molecular weight is 259 g/mol. The number of nitrogens with zero attached hydrogens (tertiary/aromatic N) is 1. The molecule has 0 radical (unpaired) electrons. The van der Waals surface area contributed by atoms with E-state index in [4.69, 9.17) is 5.73 Å². The maximum atomic E-state index is 10.8. The summed E-state index contributed by atoms with van der Waals surface area (Å²) in [5, 5.41) is 4.22. The smallest absolute Gasteiger partial charge is 0.332 e. The van der Waals surface area contributed by atoms with Gasteiger partial charge in [-0.1, -0.05) is 43.7 Å². The van der Waals surface area contributed by atoms with Gasteiger partial charge in [0.25, 0.3) is 0 Å². The minimum atomic E-state index is -0.597. The molecule has 1 aliphatic carbocycles. The molecule has 1 fully saturated rings. The largest absolute Gasteiger partial charge is 0.350 e. The van der Waals surface area contributed by atoms with Crippen molar-refractivity contribution in [2.24, 2.45) is 16.3 Å². The van der Waals surface area contributed by atoms with Gasteiger partial charge in [0.2, 0.25) is 0 Å². The minimum Gasteiger partial charge on any atom is -0.350 e. The number of urea groups is 1. The second-order valence-corrected chi connectivity index (χ2v) is 5.46. The molecule has 1 aromatic carbocycles. The minimum absolute atomic E-state index is 0.0159. The van der Waals surface area contributed by atoms with Gasteiger partial charge in [0.1, 0.15) is 0 Å². The third-order valence-corrected chi connectivity index (χ3v) is 3.83. The van der Waals surface area contributed by atoms with Crippen LogP contribution in [-0.2, 0) is 6.42 Å². The van der Waals surface area contributed by atoms with Crippen LogP contribution in [0.1, 0.15) is 38.2 Å². The lowest BCUT2D eigenvalue weighted by molar-refractivity contribution is 0.249. The Kier molecular flexibility index (Phi) is 4.20. The van der Waals surface area contributed by atoms with Gasteiger partial charge in [-0.3, -0.25) is 0 Å². The molecule has 0 spiro atoms. The summed E-state index contributed by atoms with van der Waals surface area (Å²) in [5.41, 5.74) is 9.85. The maximum absolute atomic E-state index is 10.8. The third kappa shape index (κ3) is 3.56. The number of benzene rings is 1. The van der Waals surface area contributed by atoms with Crippen molar-refractivity contribution in [2.75, 3.05) is 0 Å². The summed E-state index contributed by atoms with van der Waals surface area (Å²) >= 11 is 0. The molecular formula is C15H21N3O. The Hall–Kier alpha value is -1.84. The van der Waals surface area contributed by atoms with Gasteiger partial charge in [-0.15, -0.1) is 0 Å². The monoisotopic (exact) mass is 259 g/mol. The fourth-order valence-corrected chi connectivity index (χ4v) is 2.80. The van der Waals surface area contributed by atoms with Crippen LogP contribution < -0.4 is 11.2 Å². The predicted molar refractivity (Wildman–Crippen MR) is 76.9 cm³/mol. The van der Waals surface area contributed by atoms with Gasteiger partial charge in [0.05, 0.1) is 0 Å². The Labute approximate surface area is 114 Å². The molecular weight excluding hydrogens is 238 g/mol. The van der Waals surface area contributed by atoms with Crippen LogP contribution in [0.3, 0.4) is 0 Å². The first-order valence-corrected chi connectivity index (χ1v) is 6.76. The van der Waals surface area contributed by atoms with Gasteiger partial charge in [0, 0.05) is 11.1 Å². The van der Waals surface area contributed by atoms with Gasteiger partial charge in [0.15, 0.2) is 0 Å². The average Bonchev–Trinajstić information content (AvgIpc) is 2.38. The highest BCUT2D eigenvalue weighted by atomic mass is 16.2. The molecule has 1 atom stereocenters. The molecule has 0 bridgehead atoms. The Morgan fingerprint density at radius 3 is 2.79 bits per heavy atom. The van der Waals surface area contributed by atoms with Crippen molar-refractivity contribution in [3.8, 4) is 0 Å². The number of carbonyl (C=O) groups is 1. The third-order valence-electron chi connectivity index (χ3n) is 3.83. The molecule has 19 heavy (non-hydrogen) atoms. The Bertz CT molecular complexity index is 470. The van der Waals surface area contributed by atoms with Crippen molar-refractivity contribution in [3.05, 3.63) is 35.9 Å². The Balaban J connectivity index is 2.17. The van der Waals surface area contributed by atoms with Crippen LogP contribution in [0.2, 0.25) is 0 Å². The van der Waals surface area contributed by atoms with E-state index in [1.165, 1.54) is 12.0 Å². The zero-order chi connectivity index (χ0) is 13.7. The van der Waals surface area contributed by atoms with E-state index in [1.807, 2.05) is 6.07 Å². The van der Waals surface area contributed by atoms with Crippen molar-refractivity contribution in [3.63, 3.8) is 0 Å². The lowest BCUT2D eigenvalue weighted by Gasteiger charge is -2.35. The molecule has 1 aliphatic rings. The van der Waals surface area contributed by atoms with Crippen LogP contribution in [-0.4, -0.2) is 11.7 Å². The van der Waals surface area contributed by atoms with E-state index in [0.717, 1.165) is 31.4 Å². The zero-order valence-corrected chi connectivity index (χ0v) is 11.4. The molecule has 0 aromatic heterocycles. The summed E-state index contributed by atoms with van der Waals surface area (Å²) in [6.07, 6.45) is 5.32. The molecule has 4 nitrogen and oxygen atoms in total. The highest BCUT2D eigenvalue weighted by Gasteiger charge is 2.33. The highest BCUT2D eigenvalue weighted by molar-refractivity contribution is 5.91. The fourth-order valence-electron chi connectivity index (χ4n) is 2.80. The summed E-state index contributed by atoms with van der Waals surface area (Å²) in [6, 6.07) is 9.81. The van der Waals surface area contributed by atoms with E-state index >= 15 is 0 Å². The van der Waals surface area contributed by atoms with Gasteiger partial charge in [-0.05, 0) is 31.2 Å². The lowest BCUT2D eigenvalue weighted by Crippen LogP contribution is -2.36. The Morgan fingerprint density at radius 1 is 1.37 bits per heavy atom. The highest BCUT2D eigenvalue weighted by Crippen LogP contribution is 2.36. The van der Waals surface area contributed by atoms with Gasteiger partial charge >= 0.3 is 6.03 Å². The van der Waals surface area contributed by atoms with Gasteiger partial charge in [-0.2, -0.15) is 5.10 Å². The molecule has 1 aromatic rings. The molecule has 4 heteroatoms. The molecule has 3 N–H and O–H groups in total. The molecule has 1 saturated carbocycles. The van der Waals surface area contributed by atoms with E-state index < -0.39 is 6.03 Å². The molecule has 0 aliphatic heterocycles. The number of amides is 2. The van der Waals surface area contributed by atoms with Crippen LogP contribution in [0.25, 0.3) is 0 Å². The van der Waals surface area contributed by atoms with E-state index in [2.05, 4.69) is 41.7 Å². The predicted octanol–water partition coefficient (Wildman–Crippen LogP) is 2.83. The second kappa shape index (κ2) is 5.87. The van der Waals surface area contributed by atoms with Crippen molar-refractivity contribution in [2.45, 2.75) is 39.0 Å². The quantitative estimate of drug-likeness (QED) is 0.805. The van der Waals surface area contributed by atoms with Crippen molar-refractivity contribution < 1.29 is 4.79 Å². The first kappa shape index (κ1) is 13.6. The summed E-state index contributed by atoms with van der Waals surface area (Å²) < 4.78 is 0. The van der Waals surface area contributed by atoms with Crippen LogP contribution in [0.5, 0.6) is 0 Å². The zero-order valence-electron chi connectivity index (χ0n) is 11.4. The number of hydrogen-bond donors (Lipinski definition) is 2. The molecule has 0 saturated heterocycles. The van der Waals surface area contributed by atoms with Crippen LogP contribution in [0.15, 0.2) is 35.4 Å². The first-order chi connectivity index (χ1) is 9.10. The van der Waals surface area contributed by atoms with Crippen LogP contribution in [0.4, 0.5) is 4.79 Å². The number of hydrogen-bond acceptors (Lipinski definition) is 2. The number of nitrogens with one attached hydrogen (secondary N) is 1. The maximum Gasteiger partial charge on any atom is 0.332 e. The van der Waals surface area contributed by atoms with Crippen molar-refractivity contribution >= 4 is 11.7 Å². The van der Waals surface area contributed by atoms with Crippen molar-refractivity contribution in [1.29, 1.82) is 0 Å². The number of carbonyl (C=O) groups excluding carboxylic acids is 1. The molecule has 2 amide bonds. The summed E-state index contributed by atoms with van der Waals surface area (Å²) in [7, 11) is 0. The molecule has 102 valence electrons. The SMILES string of the molecule is C[C@@]1(Cc2ccccc2)CCCC/C1=N\NC(N)=O. The van der Waals surface area contributed by atoms with E-state index in [0.29, 0.717) is 0 Å². The standard InChI is InChI=1S/C15H21N3O/c1-15(11-12-7-3-2-4-8-12)10-6-5-9-13(15)17-18-14(16)19/h2-4,7-8H,5-6,9-11H2,1H3,(H3,16,18,19)/b17-13+/t15-/m0/s1. The van der Waals surface area contributed by atoms with E-state index in [1.54, 1.807) is 0 Å². The fraction of sp³-hybridized carbons (Fsp3) is 0.467. The summed E-state index contributed by atoms with van der Waals surface area (Å²) in [4.78, 5) is 10.8. The number of rotatable bonds is 3. The molecule has 0 unspecified atom stereocenters. The van der Waals surface area contributed by atoms with E-state index in [9.17, 15) is 4.79 Å². The van der Waals surface area contributed by atoms with Crippen LogP contribution in [0, 0.1) is 5.41 Å². The number of hydrazone groups is 1.